The molecule has 21 heavy (non-hydrogen) atoms. The summed E-state index contributed by atoms with van der Waals surface area (Å²) in [5.74, 6) is 1.07. The van der Waals surface area contributed by atoms with E-state index in [1.165, 1.54) is 44.1 Å². The van der Waals surface area contributed by atoms with Crippen molar-refractivity contribution in [2.45, 2.75) is 51.1 Å². The molecule has 1 aliphatic heterocycles. The first kappa shape index (κ1) is 14.6. The van der Waals surface area contributed by atoms with Gasteiger partial charge in [0.05, 0.1) is 6.54 Å². The first-order valence-corrected chi connectivity index (χ1v) is 8.37. The lowest BCUT2D eigenvalue weighted by atomic mass is 9.84. The summed E-state index contributed by atoms with van der Waals surface area (Å²) in [4.78, 5) is 14.4. The fourth-order valence-electron chi connectivity index (χ4n) is 3.78. The summed E-state index contributed by atoms with van der Waals surface area (Å²) in [6, 6.07) is 10.7. The van der Waals surface area contributed by atoms with E-state index in [4.69, 9.17) is 0 Å². The van der Waals surface area contributed by atoms with Gasteiger partial charge in [-0.1, -0.05) is 62.4 Å². The van der Waals surface area contributed by atoms with E-state index >= 15 is 0 Å². The first-order valence-electron chi connectivity index (χ1n) is 8.37. The van der Waals surface area contributed by atoms with Crippen molar-refractivity contribution >= 4 is 5.91 Å². The fourth-order valence-corrected chi connectivity index (χ4v) is 3.78. The number of hydrogen-bond acceptors (Lipinski definition) is 2. The maximum atomic E-state index is 12.3. The van der Waals surface area contributed by atoms with Gasteiger partial charge in [-0.3, -0.25) is 4.79 Å². The van der Waals surface area contributed by atoms with Crippen LogP contribution in [0.25, 0.3) is 0 Å². The molecule has 1 amide bonds. The van der Waals surface area contributed by atoms with E-state index in [-0.39, 0.29) is 5.91 Å². The Labute approximate surface area is 127 Å². The van der Waals surface area contributed by atoms with Gasteiger partial charge >= 0.3 is 0 Å². The Hall–Kier alpha value is -1.35. The number of hydrogen-bond donors (Lipinski definition) is 1. The number of amides is 1. The van der Waals surface area contributed by atoms with Crippen LogP contribution in [0, 0.1) is 5.92 Å². The van der Waals surface area contributed by atoms with Gasteiger partial charge in [0.2, 0.25) is 5.91 Å². The van der Waals surface area contributed by atoms with Gasteiger partial charge in [0.1, 0.15) is 0 Å². The van der Waals surface area contributed by atoms with Crippen molar-refractivity contribution in [1.82, 2.24) is 10.2 Å². The molecular weight excluding hydrogens is 260 g/mol. The molecule has 1 saturated heterocycles. The molecule has 1 aliphatic carbocycles. The van der Waals surface area contributed by atoms with Crippen molar-refractivity contribution in [2.75, 3.05) is 13.1 Å². The van der Waals surface area contributed by atoms with Crippen LogP contribution < -0.4 is 5.32 Å². The summed E-state index contributed by atoms with van der Waals surface area (Å²) in [5.41, 5.74) is 1.24. The standard InChI is InChI=1S/C18H26N2O/c21-18-13-19-12-17(11-15-7-3-1-4-8-15)20(18)14-16-9-5-2-6-10-16/h2,5-6,9-10,15,17,19H,1,3-4,7-8,11-14H2/t17-/m0/s1. The Balaban J connectivity index is 1.65. The van der Waals surface area contributed by atoms with Crippen molar-refractivity contribution < 1.29 is 4.79 Å². The predicted molar refractivity (Wildman–Crippen MR) is 84.8 cm³/mol. The van der Waals surface area contributed by atoms with E-state index in [0.29, 0.717) is 12.6 Å². The van der Waals surface area contributed by atoms with Gasteiger partial charge in [-0.15, -0.1) is 0 Å². The van der Waals surface area contributed by atoms with Crippen LogP contribution in [0.2, 0.25) is 0 Å². The van der Waals surface area contributed by atoms with Crippen LogP contribution in [0.1, 0.15) is 44.1 Å². The number of rotatable bonds is 4. The van der Waals surface area contributed by atoms with Gasteiger partial charge < -0.3 is 10.2 Å². The first-order chi connectivity index (χ1) is 10.3. The van der Waals surface area contributed by atoms with Gasteiger partial charge in [-0.05, 0) is 17.9 Å². The number of piperazine rings is 1. The van der Waals surface area contributed by atoms with E-state index < -0.39 is 0 Å². The monoisotopic (exact) mass is 286 g/mol. The van der Waals surface area contributed by atoms with Crippen molar-refractivity contribution in [2.24, 2.45) is 5.92 Å². The molecule has 3 nitrogen and oxygen atoms in total. The van der Waals surface area contributed by atoms with Crippen LogP contribution in [-0.4, -0.2) is 29.9 Å². The van der Waals surface area contributed by atoms with E-state index in [0.717, 1.165) is 19.0 Å². The molecule has 3 heteroatoms. The molecule has 1 aromatic carbocycles. The Kier molecular flexibility index (Phi) is 4.91. The molecular formula is C18H26N2O. The van der Waals surface area contributed by atoms with E-state index in [1.54, 1.807) is 0 Å². The Bertz CT molecular complexity index is 454. The molecule has 0 unspecified atom stereocenters. The molecule has 1 aromatic rings. The highest BCUT2D eigenvalue weighted by atomic mass is 16.2. The Morgan fingerprint density at radius 2 is 1.86 bits per heavy atom. The second-order valence-electron chi connectivity index (χ2n) is 6.53. The van der Waals surface area contributed by atoms with Crippen molar-refractivity contribution in [1.29, 1.82) is 0 Å². The molecule has 0 spiro atoms. The summed E-state index contributed by atoms with van der Waals surface area (Å²) in [7, 11) is 0. The molecule has 2 fully saturated rings. The average molecular weight is 286 g/mol. The molecule has 114 valence electrons. The molecule has 0 aromatic heterocycles. The van der Waals surface area contributed by atoms with E-state index in [1.807, 2.05) is 6.07 Å². The van der Waals surface area contributed by atoms with Crippen LogP contribution in [0.15, 0.2) is 30.3 Å². The largest absolute Gasteiger partial charge is 0.333 e. The van der Waals surface area contributed by atoms with Gasteiger partial charge in [0, 0.05) is 19.1 Å². The lowest BCUT2D eigenvalue weighted by Gasteiger charge is -2.38. The number of nitrogens with zero attached hydrogens (tertiary/aromatic N) is 1. The van der Waals surface area contributed by atoms with Crippen LogP contribution in [-0.2, 0) is 11.3 Å². The predicted octanol–water partition coefficient (Wildman–Crippen LogP) is 2.96. The molecule has 0 radical (unpaired) electrons. The molecule has 2 aliphatic rings. The summed E-state index contributed by atoms with van der Waals surface area (Å²) >= 11 is 0. The number of nitrogens with one attached hydrogen (secondary N) is 1. The zero-order valence-corrected chi connectivity index (χ0v) is 12.8. The number of carbonyl (C=O) groups excluding carboxylic acids is 1. The third-order valence-electron chi connectivity index (χ3n) is 4.94. The summed E-state index contributed by atoms with van der Waals surface area (Å²) in [5, 5.41) is 3.30. The molecule has 1 N–H and O–H groups in total. The van der Waals surface area contributed by atoms with E-state index in [9.17, 15) is 4.79 Å². The van der Waals surface area contributed by atoms with Gasteiger partial charge in [-0.2, -0.15) is 0 Å². The summed E-state index contributed by atoms with van der Waals surface area (Å²) in [6.45, 7) is 2.21. The number of carbonyl (C=O) groups is 1. The summed E-state index contributed by atoms with van der Waals surface area (Å²) < 4.78 is 0. The van der Waals surface area contributed by atoms with Crippen LogP contribution in [0.4, 0.5) is 0 Å². The SMILES string of the molecule is O=C1CNC[C@H](CC2CCCCC2)N1Cc1ccccc1. The van der Waals surface area contributed by atoms with Crippen molar-refractivity contribution in [3.05, 3.63) is 35.9 Å². The van der Waals surface area contributed by atoms with E-state index in [2.05, 4.69) is 34.5 Å². The van der Waals surface area contributed by atoms with Crippen LogP contribution in [0.3, 0.4) is 0 Å². The van der Waals surface area contributed by atoms with Crippen LogP contribution in [0.5, 0.6) is 0 Å². The third-order valence-corrected chi connectivity index (χ3v) is 4.94. The molecule has 3 rings (SSSR count). The zero-order chi connectivity index (χ0) is 14.5. The van der Waals surface area contributed by atoms with Gasteiger partial charge in [-0.25, -0.2) is 0 Å². The van der Waals surface area contributed by atoms with Gasteiger partial charge in [0.15, 0.2) is 0 Å². The highest BCUT2D eigenvalue weighted by molar-refractivity contribution is 5.79. The zero-order valence-electron chi connectivity index (χ0n) is 12.8. The fraction of sp³-hybridized carbons (Fsp3) is 0.611. The Morgan fingerprint density at radius 1 is 1.10 bits per heavy atom. The molecule has 1 saturated carbocycles. The van der Waals surface area contributed by atoms with Gasteiger partial charge in [0.25, 0.3) is 0 Å². The van der Waals surface area contributed by atoms with Crippen molar-refractivity contribution in [3.8, 4) is 0 Å². The molecule has 1 heterocycles. The average Bonchev–Trinajstić information content (AvgIpc) is 2.53. The lowest BCUT2D eigenvalue weighted by Crippen LogP contribution is -2.54. The second kappa shape index (κ2) is 7.08. The molecule has 0 bridgehead atoms. The Morgan fingerprint density at radius 3 is 2.62 bits per heavy atom. The highest BCUT2D eigenvalue weighted by Gasteiger charge is 2.30. The normalized spacial score (nSPS) is 24.3. The smallest absolute Gasteiger partial charge is 0.237 e. The van der Waals surface area contributed by atoms with Crippen LogP contribution >= 0.6 is 0 Å². The summed E-state index contributed by atoms with van der Waals surface area (Å²) in [6.07, 6.45) is 8.01. The minimum atomic E-state index is 0.255. The topological polar surface area (TPSA) is 32.3 Å². The third kappa shape index (κ3) is 3.85. The molecule has 1 atom stereocenters. The minimum Gasteiger partial charge on any atom is -0.333 e. The quantitative estimate of drug-likeness (QED) is 0.923. The minimum absolute atomic E-state index is 0.255. The van der Waals surface area contributed by atoms with Crippen molar-refractivity contribution in [3.63, 3.8) is 0 Å². The lowest BCUT2D eigenvalue weighted by molar-refractivity contribution is -0.136. The maximum Gasteiger partial charge on any atom is 0.237 e. The second-order valence-corrected chi connectivity index (χ2v) is 6.53. The number of benzene rings is 1. The maximum absolute atomic E-state index is 12.3. The highest BCUT2D eigenvalue weighted by Crippen LogP contribution is 2.29.